The van der Waals surface area contributed by atoms with Crippen molar-refractivity contribution in [1.82, 2.24) is 34.3 Å². The van der Waals surface area contributed by atoms with Crippen LogP contribution in [-0.2, 0) is 50.2 Å². The molecule has 5 amide bonds. The summed E-state index contributed by atoms with van der Waals surface area (Å²) >= 11 is 0. The van der Waals surface area contributed by atoms with Gasteiger partial charge in [-0.15, -0.1) is 0 Å². The van der Waals surface area contributed by atoms with Crippen LogP contribution in [0.15, 0.2) is 119 Å². The third-order valence-electron chi connectivity index (χ3n) is 22.5. The number of benzene rings is 4. The Labute approximate surface area is 553 Å². The standard InChI is InChI=1S/2C36H29N7O6/c1-49-34(47)26-12-21-31(40-26)29(44)13-30-36(21)14-16(36)15-43(30)33(46)25-11-19-17-6-8-41(27(17)4-2-22(19)39-25)32(45)24-10-20-18-7-9-42(35(37)48)28(18)5-3-23(20)38-24;1-49-34(47)25-12-21-31(40-25)29(44)13-30-36(21)14-16(36)15-42(30)33(46)28-11-20-18-7-9-41(35(37)48)26(18)4-5-27(20)43(28)32(45)24-10-19-17-6-8-38-22(17)2-3-23(19)39-24/h2-5,10-13,16,38-40H,6-9,14-15H2,1H3,(H2,37,48);2-5,10-11,13,16,38-39H,6-9,12,14-15H2,1H3,(H2,37,48)/t16-,36-;16?,36-/m10/s1. The number of fused-ring (bicyclic) bond motifs is 13. The van der Waals surface area contributed by atoms with Gasteiger partial charge in [-0.05, 0) is 163 Å². The summed E-state index contributed by atoms with van der Waals surface area (Å²) in [6.07, 6.45) is 7.38. The number of rotatable bonds is 6. The Morgan fingerprint density at radius 2 is 1.13 bits per heavy atom. The number of nitrogens with zero attached hydrogens (tertiary/aromatic N) is 7. The van der Waals surface area contributed by atoms with Crippen molar-refractivity contribution in [3.05, 3.63) is 176 Å². The predicted octanol–water partition coefficient (Wildman–Crippen LogP) is 7.74. The molecule has 4 aliphatic carbocycles. The Morgan fingerprint density at radius 1 is 0.582 bits per heavy atom. The van der Waals surface area contributed by atoms with Crippen LogP contribution in [-0.4, -0.2) is 158 Å². The van der Waals surface area contributed by atoms with Crippen molar-refractivity contribution < 1.29 is 57.7 Å². The molecule has 11 aliphatic rings. The molecular formula is C72H58N14O12. The number of allylic oxidation sites excluding steroid dienone is 4. The first-order chi connectivity index (χ1) is 47.4. The van der Waals surface area contributed by atoms with Crippen LogP contribution >= 0.6 is 0 Å². The molecule has 9 aromatic rings. The number of carbonyl (C=O) groups excluding carboxylic acids is 9. The van der Waals surface area contributed by atoms with Crippen molar-refractivity contribution in [2.24, 2.45) is 28.0 Å². The molecule has 2 saturated carbocycles. The zero-order chi connectivity index (χ0) is 67.0. The fraction of sp³-hybridized carbons (Fsp3) is 0.264. The maximum Gasteiger partial charge on any atom is 0.354 e. The third kappa shape index (κ3) is 7.63. The predicted molar refractivity (Wildman–Crippen MR) is 357 cm³/mol. The summed E-state index contributed by atoms with van der Waals surface area (Å²) in [5, 5.41) is 24.7. The molecule has 98 heavy (non-hydrogen) atoms. The van der Waals surface area contributed by atoms with E-state index in [-0.39, 0.29) is 64.4 Å². The van der Waals surface area contributed by atoms with Gasteiger partial charge in [-0.3, -0.25) is 48.5 Å². The lowest BCUT2D eigenvalue weighted by molar-refractivity contribution is -0.132. The van der Waals surface area contributed by atoms with Crippen LogP contribution in [0.25, 0.3) is 43.6 Å². The van der Waals surface area contributed by atoms with Crippen LogP contribution in [0.5, 0.6) is 0 Å². The number of carbonyl (C=O) groups is 9. The molecule has 4 atom stereocenters. The number of aromatic amines is 4. The lowest BCUT2D eigenvalue weighted by Gasteiger charge is -2.28. The number of nitrogens with two attached hydrogens (primary N) is 1. The van der Waals surface area contributed by atoms with Gasteiger partial charge < -0.3 is 60.3 Å². The van der Waals surface area contributed by atoms with Gasteiger partial charge in [0.2, 0.25) is 11.6 Å². The van der Waals surface area contributed by atoms with E-state index in [9.17, 15) is 48.3 Å². The lowest BCUT2D eigenvalue weighted by Crippen LogP contribution is -2.35. The van der Waals surface area contributed by atoms with Crippen molar-refractivity contribution in [3.8, 4) is 0 Å². The van der Waals surface area contributed by atoms with Crippen LogP contribution in [0, 0.1) is 22.7 Å². The minimum absolute atomic E-state index is 0.0549. The number of likely N-dealkylation sites (tertiary alicyclic amines) is 2. The number of urea groups is 1. The Morgan fingerprint density at radius 3 is 1.81 bits per heavy atom. The molecule has 1 unspecified atom stereocenters. The van der Waals surface area contributed by atoms with E-state index in [0.717, 1.165) is 109 Å². The number of esters is 2. The van der Waals surface area contributed by atoms with Crippen molar-refractivity contribution in [1.29, 1.82) is 5.41 Å². The molecule has 2 spiro atoms. The highest BCUT2D eigenvalue weighted by Gasteiger charge is 2.70. The number of aliphatic imine (C=N–C) groups is 1. The van der Waals surface area contributed by atoms with E-state index < -0.39 is 46.6 Å². The summed E-state index contributed by atoms with van der Waals surface area (Å²) in [5.41, 5.74) is 19.9. The number of piperidine rings is 2. The topological polar surface area (TPSA) is 351 Å². The van der Waals surface area contributed by atoms with E-state index in [4.69, 9.17) is 20.6 Å². The number of anilines is 4. The van der Waals surface area contributed by atoms with Crippen LogP contribution in [0.2, 0.25) is 0 Å². The average Bonchev–Trinajstić information content (AvgIpc) is 1.50. The number of nitrogens with one attached hydrogen (secondary N) is 6. The summed E-state index contributed by atoms with van der Waals surface area (Å²) < 4.78 is 11.2. The SMILES string of the molecule is COC(=O)C1=NC2=C(C1)[C@]13CC1CN(C(=O)c1cc4c5c(ccc4n1C(=O)c1cc4c6c(ccc4[nH]1)NCC6)N(C(=N)O)CC5)C3=CC2=O.COC(=O)c1cc2c([nH]1)C(=O)C=C1N(C(=O)c3cc4c5c(ccc4[nH]3)N(C(=O)c3cc4c6c(ccc4[nH]3)N(C(N)=O)CC6)CC5)C[C@H]3C[C@]123. The first-order valence-electron chi connectivity index (χ1n) is 32.6. The van der Waals surface area contributed by atoms with E-state index >= 15 is 0 Å². The number of ketones is 2. The minimum atomic E-state index is -0.577. The molecule has 0 radical (unpaired) electrons. The Hall–Kier alpha value is -12.1. The highest BCUT2D eigenvalue weighted by atomic mass is 16.5. The number of amidine groups is 1. The highest BCUT2D eigenvalue weighted by Crippen LogP contribution is 2.71. The van der Waals surface area contributed by atoms with Crippen LogP contribution in [0.1, 0.15) is 110 Å². The molecule has 26 nitrogen and oxygen atoms in total. The molecule has 26 heteroatoms. The minimum Gasteiger partial charge on any atom is -0.481 e. The second kappa shape index (κ2) is 19.8. The zero-order valence-electron chi connectivity index (χ0n) is 52.7. The molecule has 12 heterocycles. The number of aliphatic hydroxyl groups is 1. The summed E-state index contributed by atoms with van der Waals surface area (Å²) in [4.78, 5) is 146. The molecule has 5 aromatic heterocycles. The molecule has 4 fully saturated rings. The van der Waals surface area contributed by atoms with Crippen molar-refractivity contribution in [2.75, 3.05) is 73.5 Å². The maximum absolute atomic E-state index is 14.8. The number of amides is 5. The second-order valence-corrected chi connectivity index (χ2v) is 27.0. The normalized spacial score (nSPS) is 22.1. The van der Waals surface area contributed by atoms with Crippen molar-refractivity contribution >= 4 is 131 Å². The fourth-order valence-electron chi connectivity index (χ4n) is 17.9. The van der Waals surface area contributed by atoms with Crippen molar-refractivity contribution in [2.45, 2.75) is 50.4 Å². The third-order valence-corrected chi connectivity index (χ3v) is 22.5. The van der Waals surface area contributed by atoms with E-state index in [0.29, 0.717) is 103 Å². The molecule has 488 valence electrons. The largest absolute Gasteiger partial charge is 0.481 e. The summed E-state index contributed by atoms with van der Waals surface area (Å²) in [7, 11) is 2.58. The molecule has 4 aromatic carbocycles. The number of primary amides is 1. The lowest BCUT2D eigenvalue weighted by atomic mass is 9.82. The van der Waals surface area contributed by atoms with E-state index in [1.807, 2.05) is 54.6 Å². The number of hydrogen-bond donors (Lipinski definition) is 8. The van der Waals surface area contributed by atoms with Gasteiger partial charge in [-0.25, -0.2) is 19.4 Å². The Kier molecular flexibility index (Phi) is 11.6. The van der Waals surface area contributed by atoms with Crippen LogP contribution in [0.4, 0.5) is 27.5 Å². The maximum atomic E-state index is 14.8. The van der Waals surface area contributed by atoms with Gasteiger partial charge in [0.25, 0.3) is 29.7 Å². The zero-order valence-corrected chi connectivity index (χ0v) is 52.7. The molecule has 2 saturated heterocycles. The van der Waals surface area contributed by atoms with Gasteiger partial charge in [-0.2, -0.15) is 0 Å². The van der Waals surface area contributed by atoms with E-state index in [1.165, 1.54) is 35.8 Å². The summed E-state index contributed by atoms with van der Waals surface area (Å²) in [6, 6.07) is 22.9. The van der Waals surface area contributed by atoms with Crippen LogP contribution < -0.4 is 25.8 Å². The van der Waals surface area contributed by atoms with Gasteiger partial charge in [0, 0.05) is 141 Å². The first-order valence-corrected chi connectivity index (χ1v) is 32.6. The molecule has 0 bridgehead atoms. The highest BCUT2D eigenvalue weighted by molar-refractivity contribution is 6.39. The Balaban J connectivity index is 0.000000137. The number of H-pyrrole nitrogens is 4. The molecule has 9 N–H and O–H groups in total. The van der Waals surface area contributed by atoms with Gasteiger partial charge in [0.1, 0.15) is 39.9 Å². The molecule has 20 rings (SSSR count). The van der Waals surface area contributed by atoms with E-state index in [1.54, 1.807) is 43.9 Å². The van der Waals surface area contributed by atoms with Gasteiger partial charge in [0.05, 0.1) is 25.4 Å². The number of aromatic nitrogens is 5. The van der Waals surface area contributed by atoms with Gasteiger partial charge in [-0.1, -0.05) is 0 Å². The number of ether oxygens (including phenoxy) is 2. The monoisotopic (exact) mass is 1310 g/mol. The first kappa shape index (κ1) is 57.4. The summed E-state index contributed by atoms with van der Waals surface area (Å²) in [5.74, 6) is -2.75. The number of methoxy groups -OCH3 is 2. The van der Waals surface area contributed by atoms with Crippen LogP contribution in [0.3, 0.4) is 0 Å². The smallest absolute Gasteiger partial charge is 0.354 e. The van der Waals surface area contributed by atoms with E-state index in [2.05, 4.69) is 30.2 Å². The van der Waals surface area contributed by atoms with Gasteiger partial charge in [0.15, 0.2) is 0 Å². The second-order valence-electron chi connectivity index (χ2n) is 27.0. The van der Waals surface area contributed by atoms with Crippen molar-refractivity contribution in [3.63, 3.8) is 0 Å². The molecular weight excluding hydrogens is 1250 g/mol. The quantitative estimate of drug-likeness (QED) is 0.0449. The average molecular weight is 1310 g/mol. The number of hydrogen-bond acceptors (Lipinski definition) is 14. The Bertz CT molecular complexity index is 5550. The number of aliphatic hydroxyl groups excluding tert-OH is 1. The summed E-state index contributed by atoms with van der Waals surface area (Å²) in [6.45, 7) is 3.05. The molecule has 7 aliphatic heterocycles. The fourth-order valence-corrected chi connectivity index (χ4v) is 17.9. The van der Waals surface area contributed by atoms with Gasteiger partial charge >= 0.3 is 18.0 Å².